The van der Waals surface area contributed by atoms with Crippen molar-refractivity contribution < 1.29 is 19.1 Å². The third-order valence-electron chi connectivity index (χ3n) is 4.01. The third-order valence-corrected chi connectivity index (χ3v) is 4.01. The maximum atomic E-state index is 12.6. The van der Waals surface area contributed by atoms with Gasteiger partial charge in [0.05, 0.1) is 6.61 Å². The van der Waals surface area contributed by atoms with Crippen LogP contribution in [0.2, 0.25) is 0 Å². The van der Waals surface area contributed by atoms with E-state index in [0.717, 1.165) is 12.8 Å². The zero-order valence-electron chi connectivity index (χ0n) is 14.7. The highest BCUT2D eigenvalue weighted by Crippen LogP contribution is 2.20. The lowest BCUT2D eigenvalue weighted by Crippen LogP contribution is -2.56. The fourth-order valence-corrected chi connectivity index (χ4v) is 2.40. The van der Waals surface area contributed by atoms with Crippen molar-refractivity contribution >= 4 is 17.9 Å². The van der Waals surface area contributed by atoms with Gasteiger partial charge in [0.15, 0.2) is 0 Å². The van der Waals surface area contributed by atoms with E-state index < -0.39 is 5.41 Å². The summed E-state index contributed by atoms with van der Waals surface area (Å²) >= 11 is 0. The van der Waals surface area contributed by atoms with Gasteiger partial charge in [0.25, 0.3) is 0 Å². The van der Waals surface area contributed by atoms with Crippen LogP contribution in [0.15, 0.2) is 0 Å². The highest BCUT2D eigenvalue weighted by atomic mass is 16.6. The number of amides is 3. The molecular formula is C16H29N3O4. The van der Waals surface area contributed by atoms with E-state index in [-0.39, 0.29) is 17.9 Å². The summed E-state index contributed by atoms with van der Waals surface area (Å²) in [6.45, 7) is 9.72. The summed E-state index contributed by atoms with van der Waals surface area (Å²) in [7, 11) is 0. The lowest BCUT2D eigenvalue weighted by molar-refractivity contribution is -0.149. The Morgan fingerprint density at radius 1 is 1.04 bits per heavy atom. The van der Waals surface area contributed by atoms with E-state index in [1.54, 1.807) is 30.6 Å². The van der Waals surface area contributed by atoms with Gasteiger partial charge in [-0.2, -0.15) is 0 Å². The standard InChI is InChI=1S/C16H29N3O4/c1-5-7-8-17-13(20)16(3,4)14(21)18-9-11-19(12-10-18)15(22)23-6-2/h5-12H2,1-4H3,(H,17,20). The summed E-state index contributed by atoms with van der Waals surface area (Å²) in [5, 5.41) is 2.82. The first-order valence-corrected chi connectivity index (χ1v) is 8.34. The first-order valence-electron chi connectivity index (χ1n) is 8.34. The van der Waals surface area contributed by atoms with Crippen LogP contribution in [0.5, 0.6) is 0 Å². The van der Waals surface area contributed by atoms with Gasteiger partial charge in [-0.05, 0) is 27.2 Å². The molecule has 0 aliphatic carbocycles. The molecule has 1 aliphatic rings. The van der Waals surface area contributed by atoms with Crippen LogP contribution in [0.25, 0.3) is 0 Å². The second-order valence-electron chi connectivity index (χ2n) is 6.21. The molecule has 1 fully saturated rings. The zero-order chi connectivity index (χ0) is 17.5. The first kappa shape index (κ1) is 19.3. The van der Waals surface area contributed by atoms with Crippen LogP contribution in [-0.2, 0) is 14.3 Å². The maximum absolute atomic E-state index is 12.6. The number of nitrogens with zero attached hydrogens (tertiary/aromatic N) is 2. The van der Waals surface area contributed by atoms with Crippen molar-refractivity contribution in [1.29, 1.82) is 0 Å². The summed E-state index contributed by atoms with van der Waals surface area (Å²) in [5.41, 5.74) is -1.10. The smallest absolute Gasteiger partial charge is 0.409 e. The Bertz CT molecular complexity index is 429. The summed E-state index contributed by atoms with van der Waals surface area (Å²) in [6, 6.07) is 0. The van der Waals surface area contributed by atoms with E-state index in [1.807, 2.05) is 6.92 Å². The molecule has 23 heavy (non-hydrogen) atoms. The molecule has 0 saturated carbocycles. The maximum Gasteiger partial charge on any atom is 0.409 e. The van der Waals surface area contributed by atoms with Gasteiger partial charge >= 0.3 is 6.09 Å². The third kappa shape index (κ3) is 5.11. The summed E-state index contributed by atoms with van der Waals surface area (Å²) in [5.74, 6) is -0.446. The number of carbonyl (C=O) groups excluding carboxylic acids is 3. The van der Waals surface area contributed by atoms with Gasteiger partial charge in [0, 0.05) is 32.7 Å². The van der Waals surface area contributed by atoms with Gasteiger partial charge < -0.3 is 19.9 Å². The SMILES string of the molecule is CCCCNC(=O)C(C)(C)C(=O)N1CCN(C(=O)OCC)CC1. The number of rotatable bonds is 6. The van der Waals surface area contributed by atoms with E-state index in [9.17, 15) is 14.4 Å². The Labute approximate surface area is 138 Å². The Balaban J connectivity index is 2.54. The Hall–Kier alpha value is -1.79. The molecule has 0 bridgehead atoms. The fourth-order valence-electron chi connectivity index (χ4n) is 2.40. The van der Waals surface area contributed by atoms with E-state index in [4.69, 9.17) is 4.74 Å². The predicted molar refractivity (Wildman–Crippen MR) is 86.9 cm³/mol. The molecule has 0 atom stereocenters. The lowest BCUT2D eigenvalue weighted by Gasteiger charge is -2.37. The molecule has 0 unspecified atom stereocenters. The van der Waals surface area contributed by atoms with Crippen LogP contribution in [0.3, 0.4) is 0 Å². The molecule has 7 heteroatoms. The van der Waals surface area contributed by atoms with Crippen molar-refractivity contribution in [2.24, 2.45) is 5.41 Å². The topological polar surface area (TPSA) is 79.0 Å². The van der Waals surface area contributed by atoms with Crippen LogP contribution in [0.1, 0.15) is 40.5 Å². The molecule has 1 N–H and O–H groups in total. The molecule has 1 rings (SSSR count). The minimum atomic E-state index is -1.10. The van der Waals surface area contributed by atoms with E-state index in [0.29, 0.717) is 39.3 Å². The molecule has 3 amide bonds. The van der Waals surface area contributed by atoms with E-state index >= 15 is 0 Å². The molecule has 1 saturated heterocycles. The van der Waals surface area contributed by atoms with E-state index in [2.05, 4.69) is 5.32 Å². The van der Waals surface area contributed by atoms with Crippen LogP contribution in [0.4, 0.5) is 4.79 Å². The van der Waals surface area contributed by atoms with Crippen molar-refractivity contribution in [1.82, 2.24) is 15.1 Å². The normalized spacial score (nSPS) is 15.3. The van der Waals surface area contributed by atoms with Crippen LogP contribution in [0, 0.1) is 5.41 Å². The Kier molecular flexibility index (Phi) is 7.32. The van der Waals surface area contributed by atoms with E-state index in [1.165, 1.54) is 0 Å². The number of nitrogens with one attached hydrogen (secondary N) is 1. The fraction of sp³-hybridized carbons (Fsp3) is 0.812. The van der Waals surface area contributed by atoms with Crippen molar-refractivity contribution in [3.63, 3.8) is 0 Å². The van der Waals surface area contributed by atoms with Crippen molar-refractivity contribution in [2.75, 3.05) is 39.3 Å². The first-order chi connectivity index (χ1) is 10.8. The second-order valence-corrected chi connectivity index (χ2v) is 6.21. The van der Waals surface area contributed by atoms with Gasteiger partial charge in [0.2, 0.25) is 11.8 Å². The molecule has 1 aliphatic heterocycles. The van der Waals surface area contributed by atoms with Crippen molar-refractivity contribution in [2.45, 2.75) is 40.5 Å². The second kappa shape index (κ2) is 8.74. The molecule has 132 valence electrons. The molecule has 0 spiro atoms. The minimum Gasteiger partial charge on any atom is -0.450 e. The lowest BCUT2D eigenvalue weighted by atomic mass is 9.90. The number of ether oxygens (including phenoxy) is 1. The number of carbonyl (C=O) groups is 3. The molecule has 0 aromatic carbocycles. The minimum absolute atomic E-state index is 0.199. The number of hydrogen-bond acceptors (Lipinski definition) is 4. The number of piperazine rings is 1. The Morgan fingerprint density at radius 3 is 2.13 bits per heavy atom. The largest absolute Gasteiger partial charge is 0.450 e. The predicted octanol–water partition coefficient (Wildman–Crippen LogP) is 1.23. The number of hydrogen-bond donors (Lipinski definition) is 1. The van der Waals surface area contributed by atoms with Gasteiger partial charge in [0.1, 0.15) is 5.41 Å². The highest BCUT2D eigenvalue weighted by Gasteiger charge is 2.40. The molecular weight excluding hydrogens is 298 g/mol. The molecule has 1 heterocycles. The summed E-state index contributed by atoms with van der Waals surface area (Å²) in [4.78, 5) is 39.8. The highest BCUT2D eigenvalue weighted by molar-refractivity contribution is 6.04. The zero-order valence-corrected chi connectivity index (χ0v) is 14.7. The van der Waals surface area contributed by atoms with Gasteiger partial charge in [-0.25, -0.2) is 4.79 Å². The van der Waals surface area contributed by atoms with Crippen LogP contribution in [-0.4, -0.2) is 67.0 Å². The van der Waals surface area contributed by atoms with Gasteiger partial charge in [-0.15, -0.1) is 0 Å². The summed E-state index contributed by atoms with van der Waals surface area (Å²) in [6.07, 6.45) is 1.54. The Morgan fingerprint density at radius 2 is 1.61 bits per heavy atom. The molecule has 0 aromatic rings. The van der Waals surface area contributed by atoms with Crippen LogP contribution >= 0.6 is 0 Å². The van der Waals surface area contributed by atoms with Gasteiger partial charge in [-0.1, -0.05) is 13.3 Å². The molecule has 0 radical (unpaired) electrons. The average Bonchev–Trinajstić information content (AvgIpc) is 2.54. The quantitative estimate of drug-likeness (QED) is 0.588. The average molecular weight is 327 g/mol. The van der Waals surface area contributed by atoms with Gasteiger partial charge in [-0.3, -0.25) is 9.59 Å². The molecule has 0 aromatic heterocycles. The number of unbranched alkanes of at least 4 members (excludes halogenated alkanes) is 1. The summed E-state index contributed by atoms with van der Waals surface area (Å²) < 4.78 is 4.96. The van der Waals surface area contributed by atoms with Crippen molar-refractivity contribution in [3.05, 3.63) is 0 Å². The van der Waals surface area contributed by atoms with Crippen molar-refractivity contribution in [3.8, 4) is 0 Å². The molecule has 7 nitrogen and oxygen atoms in total. The van der Waals surface area contributed by atoms with Crippen LogP contribution < -0.4 is 5.32 Å². The monoisotopic (exact) mass is 327 g/mol.